The number of carboxylic acids is 1. The second kappa shape index (κ2) is 6.60. The highest BCUT2D eigenvalue weighted by molar-refractivity contribution is 7.10. The Balaban J connectivity index is 1.99. The Hall–Kier alpha value is -1.36. The fourth-order valence-electron chi connectivity index (χ4n) is 2.72. The summed E-state index contributed by atoms with van der Waals surface area (Å²) in [6.07, 6.45) is 0.926. The first-order chi connectivity index (χ1) is 9.90. The van der Waals surface area contributed by atoms with Crippen LogP contribution in [0.15, 0.2) is 11.4 Å². The Labute approximate surface area is 129 Å². The second-order valence-corrected chi connectivity index (χ2v) is 7.19. The van der Waals surface area contributed by atoms with Crippen molar-refractivity contribution in [1.29, 1.82) is 0 Å². The monoisotopic (exact) mass is 309 g/mol. The molecule has 1 saturated carbocycles. The summed E-state index contributed by atoms with van der Waals surface area (Å²) < 4.78 is 0. The molecule has 0 radical (unpaired) electrons. The van der Waals surface area contributed by atoms with Crippen LogP contribution in [-0.2, 0) is 9.59 Å². The minimum absolute atomic E-state index is 0.0217. The molecule has 1 aromatic heterocycles. The number of hydrogen-bond acceptors (Lipinski definition) is 3. The van der Waals surface area contributed by atoms with Gasteiger partial charge in [0.05, 0.1) is 6.42 Å². The number of hydrogen-bond donors (Lipinski definition) is 1. The molecule has 1 fully saturated rings. The predicted molar refractivity (Wildman–Crippen MR) is 83.6 cm³/mol. The Bertz CT molecular complexity index is 523. The van der Waals surface area contributed by atoms with E-state index in [0.29, 0.717) is 24.9 Å². The molecule has 21 heavy (non-hydrogen) atoms. The molecule has 4 nitrogen and oxygen atoms in total. The van der Waals surface area contributed by atoms with Gasteiger partial charge in [-0.2, -0.15) is 0 Å². The van der Waals surface area contributed by atoms with Crippen LogP contribution in [0.4, 0.5) is 0 Å². The third kappa shape index (κ3) is 4.06. The van der Waals surface area contributed by atoms with Crippen molar-refractivity contribution in [2.75, 3.05) is 13.1 Å². The summed E-state index contributed by atoms with van der Waals surface area (Å²) in [4.78, 5) is 26.4. The molecule has 1 amide bonds. The number of amides is 1. The van der Waals surface area contributed by atoms with Gasteiger partial charge in [0.15, 0.2) is 0 Å². The molecule has 1 N–H and O–H groups in total. The molecule has 1 aliphatic rings. The van der Waals surface area contributed by atoms with Crippen LogP contribution in [-0.4, -0.2) is 35.0 Å². The standard InChI is InChI=1S/C16H23NO3S/c1-10(2)9-17(6-4-14(18)19)16(20)13-8-12(13)15-11(3)5-7-21-15/h5,7,10,12-13H,4,6,8-9H2,1-3H3,(H,18,19). The van der Waals surface area contributed by atoms with Crippen LogP contribution < -0.4 is 0 Å². The number of rotatable bonds is 7. The maximum atomic E-state index is 12.6. The molecule has 2 unspecified atom stereocenters. The highest BCUT2D eigenvalue weighted by atomic mass is 32.1. The average molecular weight is 309 g/mol. The highest BCUT2D eigenvalue weighted by Gasteiger charge is 2.46. The average Bonchev–Trinajstić information content (AvgIpc) is 3.08. The van der Waals surface area contributed by atoms with Gasteiger partial charge < -0.3 is 10.0 Å². The lowest BCUT2D eigenvalue weighted by Gasteiger charge is -2.24. The van der Waals surface area contributed by atoms with Gasteiger partial charge in [-0.05, 0) is 36.3 Å². The van der Waals surface area contributed by atoms with E-state index in [-0.39, 0.29) is 18.2 Å². The summed E-state index contributed by atoms with van der Waals surface area (Å²) in [5.41, 5.74) is 1.27. The minimum atomic E-state index is -0.849. The molecular weight excluding hydrogens is 286 g/mol. The minimum Gasteiger partial charge on any atom is -0.481 e. The van der Waals surface area contributed by atoms with Gasteiger partial charge in [-0.3, -0.25) is 9.59 Å². The van der Waals surface area contributed by atoms with Gasteiger partial charge in [0.1, 0.15) is 0 Å². The SMILES string of the molecule is Cc1ccsc1C1CC1C(=O)N(CCC(=O)O)CC(C)C. The van der Waals surface area contributed by atoms with E-state index in [4.69, 9.17) is 5.11 Å². The van der Waals surface area contributed by atoms with E-state index in [1.165, 1.54) is 10.4 Å². The zero-order valence-corrected chi connectivity index (χ0v) is 13.7. The van der Waals surface area contributed by atoms with Crippen LogP contribution >= 0.6 is 11.3 Å². The third-order valence-corrected chi connectivity index (χ3v) is 4.99. The number of nitrogens with zero attached hydrogens (tertiary/aromatic N) is 1. The van der Waals surface area contributed by atoms with Crippen molar-refractivity contribution in [1.82, 2.24) is 4.90 Å². The maximum absolute atomic E-state index is 12.6. The molecule has 0 aromatic carbocycles. The fourth-order valence-corrected chi connectivity index (χ4v) is 3.83. The number of carbonyl (C=O) groups is 2. The normalized spacial score (nSPS) is 20.6. The Kier molecular flexibility index (Phi) is 5.04. The van der Waals surface area contributed by atoms with Gasteiger partial charge in [0.2, 0.25) is 5.91 Å². The zero-order valence-electron chi connectivity index (χ0n) is 12.8. The van der Waals surface area contributed by atoms with Crippen LogP contribution in [0, 0.1) is 18.8 Å². The van der Waals surface area contributed by atoms with Gasteiger partial charge in [0.25, 0.3) is 0 Å². The van der Waals surface area contributed by atoms with Gasteiger partial charge >= 0.3 is 5.97 Å². The van der Waals surface area contributed by atoms with Gasteiger partial charge in [-0.15, -0.1) is 11.3 Å². The van der Waals surface area contributed by atoms with Crippen LogP contribution in [0.5, 0.6) is 0 Å². The number of thiophene rings is 1. The van der Waals surface area contributed by atoms with Crippen molar-refractivity contribution in [2.24, 2.45) is 11.8 Å². The van der Waals surface area contributed by atoms with Crippen LogP contribution in [0.3, 0.4) is 0 Å². The number of aryl methyl sites for hydroxylation is 1. The molecule has 2 rings (SSSR count). The first-order valence-corrected chi connectivity index (χ1v) is 8.32. The zero-order chi connectivity index (χ0) is 15.6. The Morgan fingerprint density at radius 3 is 2.71 bits per heavy atom. The molecule has 1 aromatic rings. The van der Waals surface area contributed by atoms with E-state index in [1.54, 1.807) is 16.2 Å². The number of carbonyl (C=O) groups excluding carboxylic acids is 1. The van der Waals surface area contributed by atoms with E-state index in [9.17, 15) is 9.59 Å². The van der Waals surface area contributed by atoms with Gasteiger partial charge in [-0.25, -0.2) is 0 Å². The summed E-state index contributed by atoms with van der Waals surface area (Å²) >= 11 is 1.72. The third-order valence-electron chi connectivity index (χ3n) is 3.84. The molecule has 5 heteroatoms. The molecule has 116 valence electrons. The number of carboxylic acid groups (broad SMARTS) is 1. The smallest absolute Gasteiger partial charge is 0.305 e. The molecular formula is C16H23NO3S. The summed E-state index contributed by atoms with van der Waals surface area (Å²) in [6.45, 7) is 7.14. The fraction of sp³-hybridized carbons (Fsp3) is 0.625. The summed E-state index contributed by atoms with van der Waals surface area (Å²) in [6, 6.07) is 2.09. The van der Waals surface area contributed by atoms with Crippen molar-refractivity contribution in [3.63, 3.8) is 0 Å². The summed E-state index contributed by atoms with van der Waals surface area (Å²) in [5.74, 6) is 0.0241. The van der Waals surface area contributed by atoms with Crippen LogP contribution in [0.2, 0.25) is 0 Å². The molecule has 1 aliphatic carbocycles. The lowest BCUT2D eigenvalue weighted by molar-refractivity contribution is -0.139. The van der Waals surface area contributed by atoms with E-state index in [1.807, 2.05) is 0 Å². The molecule has 0 aliphatic heterocycles. The van der Waals surface area contributed by atoms with Crippen molar-refractivity contribution in [3.05, 3.63) is 21.9 Å². The first-order valence-electron chi connectivity index (χ1n) is 7.44. The van der Waals surface area contributed by atoms with E-state index >= 15 is 0 Å². The molecule has 0 bridgehead atoms. The van der Waals surface area contributed by atoms with Gasteiger partial charge in [0, 0.05) is 29.8 Å². The molecule has 2 atom stereocenters. The largest absolute Gasteiger partial charge is 0.481 e. The molecule has 0 spiro atoms. The maximum Gasteiger partial charge on any atom is 0.305 e. The van der Waals surface area contributed by atoms with Crippen molar-refractivity contribution in [2.45, 2.75) is 39.5 Å². The topological polar surface area (TPSA) is 57.6 Å². The Morgan fingerprint density at radius 1 is 1.48 bits per heavy atom. The predicted octanol–water partition coefficient (Wildman–Crippen LogP) is 3.12. The lowest BCUT2D eigenvalue weighted by Crippen LogP contribution is -2.37. The summed E-state index contributed by atoms with van der Waals surface area (Å²) in [7, 11) is 0. The summed E-state index contributed by atoms with van der Waals surface area (Å²) in [5, 5.41) is 10.9. The van der Waals surface area contributed by atoms with E-state index in [0.717, 1.165) is 6.42 Å². The number of aliphatic carboxylic acids is 1. The van der Waals surface area contributed by atoms with E-state index < -0.39 is 5.97 Å². The first kappa shape index (κ1) is 16.0. The van der Waals surface area contributed by atoms with Gasteiger partial charge in [-0.1, -0.05) is 13.8 Å². The Morgan fingerprint density at radius 2 is 2.19 bits per heavy atom. The highest BCUT2D eigenvalue weighted by Crippen LogP contribution is 2.51. The van der Waals surface area contributed by atoms with Crippen molar-refractivity contribution < 1.29 is 14.7 Å². The van der Waals surface area contributed by atoms with Crippen molar-refractivity contribution in [3.8, 4) is 0 Å². The quantitative estimate of drug-likeness (QED) is 0.842. The molecule has 0 saturated heterocycles. The second-order valence-electron chi connectivity index (χ2n) is 6.24. The van der Waals surface area contributed by atoms with Crippen molar-refractivity contribution >= 4 is 23.2 Å². The van der Waals surface area contributed by atoms with Crippen LogP contribution in [0.1, 0.15) is 43.0 Å². The molecule has 1 heterocycles. The lowest BCUT2D eigenvalue weighted by atomic mass is 10.1. The van der Waals surface area contributed by atoms with E-state index in [2.05, 4.69) is 32.2 Å². The van der Waals surface area contributed by atoms with Crippen LogP contribution in [0.25, 0.3) is 0 Å².